The number of nitrogens with zero attached hydrogens (tertiary/aromatic N) is 1. The van der Waals surface area contributed by atoms with Crippen LogP contribution in [-0.2, 0) is 14.3 Å². The van der Waals surface area contributed by atoms with Crippen molar-refractivity contribution in [3.63, 3.8) is 0 Å². The van der Waals surface area contributed by atoms with Gasteiger partial charge in [-0.3, -0.25) is 19.8 Å². The Labute approximate surface area is 207 Å². The second kappa shape index (κ2) is 10.1. The second-order valence-corrected chi connectivity index (χ2v) is 9.56. The number of carbonyl (C=O) groups is 3. The van der Waals surface area contributed by atoms with Crippen LogP contribution in [0.5, 0.6) is 0 Å². The van der Waals surface area contributed by atoms with Gasteiger partial charge in [-0.25, -0.2) is 4.68 Å². The van der Waals surface area contributed by atoms with Crippen molar-refractivity contribution in [1.29, 1.82) is 0 Å². The molecule has 0 spiro atoms. The third-order valence-corrected chi connectivity index (χ3v) is 6.45. The Bertz CT molecular complexity index is 1230. The molecule has 3 amide bonds. The lowest BCUT2D eigenvalue weighted by molar-refractivity contribution is -0.136. The molecule has 0 bridgehead atoms. The first kappa shape index (κ1) is 23.5. The molecule has 1 saturated heterocycles. The van der Waals surface area contributed by atoms with Crippen LogP contribution in [0.1, 0.15) is 28.9 Å². The number of rotatable bonds is 5. The maximum absolute atomic E-state index is 13.1. The highest BCUT2D eigenvalue weighted by Crippen LogP contribution is 2.26. The number of halogens is 2. The van der Waals surface area contributed by atoms with Crippen molar-refractivity contribution in [2.45, 2.75) is 25.9 Å². The van der Waals surface area contributed by atoms with Crippen molar-refractivity contribution >= 4 is 66.2 Å². The van der Waals surface area contributed by atoms with E-state index < -0.39 is 17.7 Å². The summed E-state index contributed by atoms with van der Waals surface area (Å²) in [5.41, 5.74) is 4.94. The number of aryl methyl sites for hydroxylation is 1. The molecule has 0 saturated carbocycles. The highest BCUT2D eigenvalue weighted by Gasteiger charge is 2.23. The molecule has 172 valence electrons. The number of ether oxygens (including phenoxy) is 1. The lowest BCUT2D eigenvalue weighted by Crippen LogP contribution is -2.42. The van der Waals surface area contributed by atoms with Crippen LogP contribution in [0.25, 0.3) is 10.9 Å². The summed E-state index contributed by atoms with van der Waals surface area (Å²) in [6, 6.07) is 12.6. The molecule has 1 aliphatic heterocycles. The van der Waals surface area contributed by atoms with Gasteiger partial charge in [-0.2, -0.15) is 0 Å². The third-order valence-electron chi connectivity index (χ3n) is 5.30. The van der Waals surface area contributed by atoms with Gasteiger partial charge in [0, 0.05) is 27.5 Å². The maximum atomic E-state index is 13.1. The van der Waals surface area contributed by atoms with Gasteiger partial charge in [0.25, 0.3) is 5.91 Å². The minimum Gasteiger partial charge on any atom is -0.376 e. The van der Waals surface area contributed by atoms with E-state index in [1.54, 1.807) is 24.3 Å². The van der Waals surface area contributed by atoms with Gasteiger partial charge < -0.3 is 15.4 Å². The number of benzene rings is 2. The molecule has 0 aliphatic carbocycles. The Morgan fingerprint density at radius 2 is 1.91 bits per heavy atom. The molecule has 4 rings (SSSR count). The van der Waals surface area contributed by atoms with Crippen molar-refractivity contribution in [2.24, 2.45) is 0 Å². The van der Waals surface area contributed by atoms with Crippen molar-refractivity contribution < 1.29 is 19.1 Å². The molecule has 2 aromatic carbocycles. The van der Waals surface area contributed by atoms with E-state index in [4.69, 9.17) is 4.74 Å². The molecule has 10 heteroatoms. The van der Waals surface area contributed by atoms with Gasteiger partial charge in [-0.05, 0) is 77.7 Å². The van der Waals surface area contributed by atoms with E-state index in [1.165, 1.54) is 4.68 Å². The smallest absolute Gasteiger partial charge is 0.328 e. The molecule has 0 radical (unpaired) electrons. The molecule has 1 aliphatic rings. The lowest BCUT2D eigenvalue weighted by atomic mass is 10.2. The van der Waals surface area contributed by atoms with Crippen LogP contribution in [0.4, 0.5) is 5.69 Å². The molecular formula is C23H22Br2N4O4. The van der Waals surface area contributed by atoms with Crippen LogP contribution in [0.2, 0.25) is 0 Å². The van der Waals surface area contributed by atoms with Gasteiger partial charge in [0.1, 0.15) is 5.69 Å². The maximum Gasteiger partial charge on any atom is 0.328 e. The average Bonchev–Trinajstić information content (AvgIpc) is 3.42. The number of fused-ring (bicyclic) bond motifs is 1. The van der Waals surface area contributed by atoms with Gasteiger partial charge >= 0.3 is 11.8 Å². The summed E-state index contributed by atoms with van der Waals surface area (Å²) in [7, 11) is 0. The molecule has 0 unspecified atom stereocenters. The molecule has 3 N–H and O–H groups in total. The van der Waals surface area contributed by atoms with Gasteiger partial charge in [0.15, 0.2) is 0 Å². The number of anilines is 1. The Morgan fingerprint density at radius 3 is 2.64 bits per heavy atom. The van der Waals surface area contributed by atoms with Crippen LogP contribution in [0.3, 0.4) is 0 Å². The first-order valence-electron chi connectivity index (χ1n) is 10.4. The minimum absolute atomic E-state index is 0.0826. The van der Waals surface area contributed by atoms with Crippen molar-refractivity contribution in [3.8, 4) is 0 Å². The van der Waals surface area contributed by atoms with Crippen molar-refractivity contribution in [1.82, 2.24) is 9.99 Å². The van der Waals surface area contributed by atoms with E-state index in [0.29, 0.717) is 17.8 Å². The SMILES string of the molecule is Cc1ccc(NC(=O)c2cc3cc(Br)ccc3n2NC(=O)C(=O)NC[C@H]2CCCO2)c(Br)c1. The second-order valence-electron chi connectivity index (χ2n) is 7.79. The molecule has 1 fully saturated rings. The lowest BCUT2D eigenvalue weighted by Gasteiger charge is -2.14. The zero-order valence-corrected chi connectivity index (χ0v) is 21.0. The zero-order valence-electron chi connectivity index (χ0n) is 17.8. The fourth-order valence-electron chi connectivity index (χ4n) is 3.63. The molecular weight excluding hydrogens is 556 g/mol. The first-order valence-corrected chi connectivity index (χ1v) is 12.0. The minimum atomic E-state index is -0.876. The van der Waals surface area contributed by atoms with Crippen LogP contribution < -0.4 is 16.1 Å². The number of hydrogen-bond acceptors (Lipinski definition) is 4. The van der Waals surface area contributed by atoms with E-state index in [9.17, 15) is 14.4 Å². The first-order chi connectivity index (χ1) is 15.8. The molecule has 33 heavy (non-hydrogen) atoms. The van der Waals surface area contributed by atoms with Gasteiger partial charge in [0.2, 0.25) is 0 Å². The van der Waals surface area contributed by atoms with Gasteiger partial charge in [0.05, 0.1) is 17.3 Å². The van der Waals surface area contributed by atoms with E-state index in [0.717, 1.165) is 32.7 Å². The van der Waals surface area contributed by atoms with E-state index in [2.05, 4.69) is 47.9 Å². The van der Waals surface area contributed by atoms with Crippen LogP contribution in [0.15, 0.2) is 51.4 Å². The molecule has 3 aromatic rings. The zero-order chi connectivity index (χ0) is 23.5. The summed E-state index contributed by atoms with van der Waals surface area (Å²) >= 11 is 6.88. The van der Waals surface area contributed by atoms with Crippen LogP contribution in [0, 0.1) is 6.92 Å². The van der Waals surface area contributed by atoms with Gasteiger partial charge in [-0.1, -0.05) is 22.0 Å². The third kappa shape index (κ3) is 5.45. The largest absolute Gasteiger partial charge is 0.376 e. The number of carbonyl (C=O) groups excluding carboxylic acids is 3. The molecule has 1 atom stereocenters. The Morgan fingerprint density at radius 1 is 1.09 bits per heavy atom. The number of aromatic nitrogens is 1. The highest BCUT2D eigenvalue weighted by molar-refractivity contribution is 9.10. The standard InChI is InChI=1S/C23H22Br2N4O4/c1-13-4-6-18(17(25)9-13)27-21(30)20-11-14-10-15(24)5-7-19(14)29(20)28-23(32)22(31)26-12-16-3-2-8-33-16/h4-7,9-11,16H,2-3,8,12H2,1H3,(H,26,31)(H,27,30)(H,28,32)/t16-/m1/s1. The predicted octanol–water partition coefficient (Wildman–Crippen LogP) is 4.09. The topological polar surface area (TPSA) is 101 Å². The highest BCUT2D eigenvalue weighted by atomic mass is 79.9. The normalized spacial score (nSPS) is 15.4. The summed E-state index contributed by atoms with van der Waals surface area (Å²) < 4.78 is 8.35. The molecule has 1 aromatic heterocycles. The quantitative estimate of drug-likeness (QED) is 0.398. The molecule has 8 nitrogen and oxygen atoms in total. The van der Waals surface area contributed by atoms with Crippen LogP contribution >= 0.6 is 31.9 Å². The summed E-state index contributed by atoms with van der Waals surface area (Å²) in [4.78, 5) is 38.1. The summed E-state index contributed by atoms with van der Waals surface area (Å²) in [6.07, 6.45) is 1.70. The van der Waals surface area contributed by atoms with E-state index in [-0.39, 0.29) is 18.3 Å². The van der Waals surface area contributed by atoms with E-state index >= 15 is 0 Å². The predicted molar refractivity (Wildman–Crippen MR) is 133 cm³/mol. The molecule has 2 heterocycles. The monoisotopic (exact) mass is 576 g/mol. The van der Waals surface area contributed by atoms with Crippen molar-refractivity contribution in [2.75, 3.05) is 23.9 Å². The Hall–Kier alpha value is -2.69. The Balaban J connectivity index is 1.58. The average molecular weight is 578 g/mol. The summed E-state index contributed by atoms with van der Waals surface area (Å²) in [5.74, 6) is -2.11. The number of hydrogen-bond donors (Lipinski definition) is 3. The fourth-order valence-corrected chi connectivity index (χ4v) is 4.60. The van der Waals surface area contributed by atoms with E-state index in [1.807, 2.05) is 25.1 Å². The van der Waals surface area contributed by atoms with Crippen LogP contribution in [-0.4, -0.2) is 41.7 Å². The number of amides is 3. The number of nitrogens with one attached hydrogen (secondary N) is 3. The fraction of sp³-hybridized carbons (Fsp3) is 0.261. The van der Waals surface area contributed by atoms with Crippen molar-refractivity contribution in [3.05, 3.63) is 62.7 Å². The summed E-state index contributed by atoms with van der Waals surface area (Å²) in [6.45, 7) is 2.87. The summed E-state index contributed by atoms with van der Waals surface area (Å²) in [5, 5.41) is 6.16. The van der Waals surface area contributed by atoms with Gasteiger partial charge in [-0.15, -0.1) is 0 Å². The Kier molecular flexibility index (Phi) is 7.16.